The van der Waals surface area contributed by atoms with Gasteiger partial charge in [0, 0.05) is 28.8 Å². The fourth-order valence-corrected chi connectivity index (χ4v) is 4.55. The summed E-state index contributed by atoms with van der Waals surface area (Å²) in [5.74, 6) is -0.321. The van der Waals surface area contributed by atoms with Crippen LogP contribution in [0.5, 0.6) is 0 Å². The van der Waals surface area contributed by atoms with Crippen LogP contribution in [0.4, 0.5) is 10.1 Å². The van der Waals surface area contributed by atoms with Crippen molar-refractivity contribution in [3.05, 3.63) is 100 Å². The largest absolute Gasteiger partial charge is 0.381 e. The molecule has 4 rings (SSSR count). The SMILES string of the molecule is Cc1cc(NCC2=Cc3ccccc3C2c2cccc(S(=O)(=O)Cl)c2)ccc1F. The van der Waals surface area contributed by atoms with E-state index >= 15 is 0 Å². The Kier molecular flexibility index (Phi) is 5.19. The summed E-state index contributed by atoms with van der Waals surface area (Å²) >= 11 is 0. The van der Waals surface area contributed by atoms with E-state index in [9.17, 15) is 12.8 Å². The molecule has 6 heteroatoms. The zero-order chi connectivity index (χ0) is 20.6. The number of anilines is 1. The monoisotopic (exact) mass is 427 g/mol. The summed E-state index contributed by atoms with van der Waals surface area (Å²) in [7, 11) is 1.75. The molecule has 0 saturated heterocycles. The Bertz CT molecular complexity index is 1220. The maximum absolute atomic E-state index is 13.5. The molecule has 1 N–H and O–H groups in total. The molecule has 29 heavy (non-hydrogen) atoms. The van der Waals surface area contributed by atoms with Crippen molar-refractivity contribution in [2.24, 2.45) is 0 Å². The van der Waals surface area contributed by atoms with E-state index in [-0.39, 0.29) is 16.6 Å². The van der Waals surface area contributed by atoms with E-state index in [4.69, 9.17) is 10.7 Å². The Hall–Kier alpha value is -2.63. The Balaban J connectivity index is 1.68. The number of aryl methyl sites for hydroxylation is 1. The minimum atomic E-state index is -3.81. The number of benzene rings is 3. The second-order valence-corrected chi connectivity index (χ2v) is 9.67. The summed E-state index contributed by atoms with van der Waals surface area (Å²) in [6.45, 7) is 2.27. The van der Waals surface area contributed by atoms with Gasteiger partial charge < -0.3 is 5.32 Å². The molecule has 0 spiro atoms. The molecule has 0 amide bonds. The van der Waals surface area contributed by atoms with Crippen molar-refractivity contribution >= 4 is 31.5 Å². The van der Waals surface area contributed by atoms with Crippen LogP contribution in [0.15, 0.2) is 77.2 Å². The molecule has 0 bridgehead atoms. The fraction of sp³-hybridized carbons (Fsp3) is 0.130. The summed E-state index contributed by atoms with van der Waals surface area (Å²) in [6, 6.07) is 19.7. The average Bonchev–Trinajstić information content (AvgIpc) is 3.07. The average molecular weight is 428 g/mol. The molecule has 0 aliphatic heterocycles. The summed E-state index contributed by atoms with van der Waals surface area (Å²) in [5, 5.41) is 3.35. The van der Waals surface area contributed by atoms with Gasteiger partial charge in [0.2, 0.25) is 0 Å². The van der Waals surface area contributed by atoms with Crippen LogP contribution in [0, 0.1) is 12.7 Å². The maximum Gasteiger partial charge on any atom is 0.261 e. The van der Waals surface area contributed by atoms with Gasteiger partial charge in [0.05, 0.1) is 4.90 Å². The molecule has 1 atom stereocenters. The van der Waals surface area contributed by atoms with Gasteiger partial charge in [-0.05, 0) is 65.1 Å². The molecule has 1 aliphatic rings. The molecule has 148 valence electrons. The van der Waals surface area contributed by atoms with Crippen LogP contribution >= 0.6 is 10.7 Å². The highest BCUT2D eigenvalue weighted by Crippen LogP contribution is 2.41. The van der Waals surface area contributed by atoms with Gasteiger partial charge in [-0.2, -0.15) is 0 Å². The standard InChI is InChI=1S/C23H19ClFNO2S/c1-15-11-19(9-10-22(15)25)26-14-18-12-16-5-2-3-8-21(16)23(18)17-6-4-7-20(13-17)29(24,27)28/h2-13,23,26H,14H2,1H3. The Morgan fingerprint density at radius 2 is 1.83 bits per heavy atom. The lowest BCUT2D eigenvalue weighted by Gasteiger charge is -2.19. The predicted octanol–water partition coefficient (Wildman–Crippen LogP) is 5.70. The summed E-state index contributed by atoms with van der Waals surface area (Å²) in [5.41, 5.74) is 5.58. The van der Waals surface area contributed by atoms with Crippen molar-refractivity contribution in [2.45, 2.75) is 17.7 Å². The minimum Gasteiger partial charge on any atom is -0.381 e. The summed E-state index contributed by atoms with van der Waals surface area (Å²) in [6.07, 6.45) is 2.12. The number of halogens is 2. The van der Waals surface area contributed by atoms with Gasteiger partial charge in [0.15, 0.2) is 0 Å². The molecule has 1 unspecified atom stereocenters. The molecular weight excluding hydrogens is 409 g/mol. The highest BCUT2D eigenvalue weighted by Gasteiger charge is 2.27. The second-order valence-electron chi connectivity index (χ2n) is 7.11. The Morgan fingerprint density at radius 1 is 1.03 bits per heavy atom. The maximum atomic E-state index is 13.5. The highest BCUT2D eigenvalue weighted by molar-refractivity contribution is 8.13. The van der Waals surface area contributed by atoms with Crippen molar-refractivity contribution in [1.82, 2.24) is 0 Å². The minimum absolute atomic E-state index is 0.0846. The number of hydrogen-bond donors (Lipinski definition) is 1. The van der Waals surface area contributed by atoms with Gasteiger partial charge in [-0.25, -0.2) is 12.8 Å². The van der Waals surface area contributed by atoms with E-state index < -0.39 is 9.05 Å². The second kappa shape index (κ2) is 7.65. The zero-order valence-electron chi connectivity index (χ0n) is 15.7. The smallest absolute Gasteiger partial charge is 0.261 e. The van der Waals surface area contributed by atoms with Crippen LogP contribution in [-0.2, 0) is 9.05 Å². The molecule has 3 nitrogen and oxygen atoms in total. The lowest BCUT2D eigenvalue weighted by atomic mass is 9.88. The first kappa shape index (κ1) is 19.7. The van der Waals surface area contributed by atoms with Crippen molar-refractivity contribution in [1.29, 1.82) is 0 Å². The van der Waals surface area contributed by atoms with Crippen molar-refractivity contribution in [3.8, 4) is 0 Å². The lowest BCUT2D eigenvalue weighted by Crippen LogP contribution is -2.11. The van der Waals surface area contributed by atoms with E-state index in [0.717, 1.165) is 28.0 Å². The van der Waals surface area contributed by atoms with Gasteiger partial charge in [0.25, 0.3) is 9.05 Å². The molecule has 0 heterocycles. The molecule has 0 aromatic heterocycles. The number of hydrogen-bond acceptors (Lipinski definition) is 3. The first-order valence-electron chi connectivity index (χ1n) is 9.17. The van der Waals surface area contributed by atoms with Gasteiger partial charge >= 0.3 is 0 Å². The van der Waals surface area contributed by atoms with Gasteiger partial charge in [-0.1, -0.05) is 42.5 Å². The Morgan fingerprint density at radius 3 is 2.59 bits per heavy atom. The van der Waals surface area contributed by atoms with Crippen LogP contribution in [0.1, 0.15) is 28.2 Å². The van der Waals surface area contributed by atoms with E-state index in [1.807, 2.05) is 30.3 Å². The van der Waals surface area contributed by atoms with E-state index in [1.54, 1.807) is 31.2 Å². The number of rotatable bonds is 5. The Labute approximate surface area is 174 Å². The first-order chi connectivity index (χ1) is 13.8. The van der Waals surface area contributed by atoms with Gasteiger partial charge in [-0.15, -0.1) is 0 Å². The fourth-order valence-electron chi connectivity index (χ4n) is 3.74. The quantitative estimate of drug-likeness (QED) is 0.531. The molecular formula is C23H19ClFNO2S. The zero-order valence-corrected chi connectivity index (χ0v) is 17.3. The third kappa shape index (κ3) is 4.07. The third-order valence-electron chi connectivity index (χ3n) is 5.15. The summed E-state index contributed by atoms with van der Waals surface area (Å²) in [4.78, 5) is 0.0857. The number of fused-ring (bicyclic) bond motifs is 1. The van der Waals surface area contributed by atoms with E-state index in [2.05, 4.69) is 11.4 Å². The van der Waals surface area contributed by atoms with Crippen molar-refractivity contribution in [3.63, 3.8) is 0 Å². The first-order valence-corrected chi connectivity index (χ1v) is 11.5. The third-order valence-corrected chi connectivity index (χ3v) is 6.50. The lowest BCUT2D eigenvalue weighted by molar-refractivity contribution is 0.609. The molecule has 0 radical (unpaired) electrons. The normalized spacial score (nSPS) is 15.7. The topological polar surface area (TPSA) is 46.2 Å². The highest BCUT2D eigenvalue weighted by atomic mass is 35.7. The predicted molar refractivity (Wildman–Crippen MR) is 115 cm³/mol. The van der Waals surface area contributed by atoms with Crippen molar-refractivity contribution in [2.75, 3.05) is 11.9 Å². The van der Waals surface area contributed by atoms with Gasteiger partial charge in [-0.3, -0.25) is 0 Å². The van der Waals surface area contributed by atoms with Crippen molar-refractivity contribution < 1.29 is 12.8 Å². The molecule has 1 aliphatic carbocycles. The van der Waals surface area contributed by atoms with Crippen LogP contribution < -0.4 is 5.32 Å². The summed E-state index contributed by atoms with van der Waals surface area (Å²) < 4.78 is 37.1. The molecule has 0 saturated carbocycles. The van der Waals surface area contributed by atoms with Crippen LogP contribution in [0.25, 0.3) is 6.08 Å². The van der Waals surface area contributed by atoms with Crippen LogP contribution in [-0.4, -0.2) is 15.0 Å². The van der Waals surface area contributed by atoms with E-state index in [0.29, 0.717) is 12.1 Å². The molecule has 3 aromatic carbocycles. The molecule has 3 aromatic rings. The van der Waals surface area contributed by atoms with E-state index in [1.165, 1.54) is 12.1 Å². The molecule has 0 fully saturated rings. The van der Waals surface area contributed by atoms with Crippen LogP contribution in [0.3, 0.4) is 0 Å². The number of nitrogens with one attached hydrogen (secondary N) is 1. The van der Waals surface area contributed by atoms with Crippen LogP contribution in [0.2, 0.25) is 0 Å². The van der Waals surface area contributed by atoms with Gasteiger partial charge in [0.1, 0.15) is 5.82 Å².